The third kappa shape index (κ3) is 1.39. The highest BCUT2D eigenvalue weighted by Crippen LogP contribution is 2.45. The van der Waals surface area contributed by atoms with Crippen molar-refractivity contribution in [3.8, 4) is 0 Å². The van der Waals surface area contributed by atoms with E-state index in [2.05, 4.69) is 0 Å². The van der Waals surface area contributed by atoms with Gasteiger partial charge < -0.3 is 5.11 Å². The first-order chi connectivity index (χ1) is 5.80. The molecule has 74 valence electrons. The predicted octanol–water partition coefficient (Wildman–Crippen LogP) is 2.72. The van der Waals surface area contributed by atoms with Crippen LogP contribution in [0.2, 0.25) is 0 Å². The Balaban J connectivity index is 3.32. The quantitative estimate of drug-likeness (QED) is 0.527. The molecule has 0 spiro atoms. The molecule has 0 heterocycles. The topological polar surface area (TPSA) is 20.2 Å². The molecule has 1 rings (SSSR count). The second-order valence-corrected chi connectivity index (χ2v) is 3.53. The van der Waals surface area contributed by atoms with Crippen LogP contribution in [-0.2, 0) is 0 Å². The second kappa shape index (κ2) is 3.06. The average Bonchev–Trinajstić information content (AvgIpc) is 2.09. The van der Waals surface area contributed by atoms with Gasteiger partial charge >= 0.3 is 0 Å². The number of hydrogen-bond donors (Lipinski definition) is 1. The zero-order chi connectivity index (χ0) is 10.4. The first kappa shape index (κ1) is 10.6. The normalized spacial score (nSPS) is 35.8. The van der Waals surface area contributed by atoms with E-state index in [4.69, 9.17) is 5.11 Å². The SMILES string of the molecule is OC1(Br)C(F)=C(F)C(F)=C(F)C1F. The van der Waals surface area contributed by atoms with Crippen LogP contribution in [0.4, 0.5) is 22.0 Å². The fourth-order valence-corrected chi connectivity index (χ4v) is 1.12. The van der Waals surface area contributed by atoms with Gasteiger partial charge in [0.2, 0.25) is 4.51 Å². The van der Waals surface area contributed by atoms with Crippen molar-refractivity contribution in [3.05, 3.63) is 23.3 Å². The highest BCUT2D eigenvalue weighted by Gasteiger charge is 2.50. The summed E-state index contributed by atoms with van der Waals surface area (Å²) in [5, 5.41) is 8.80. The van der Waals surface area contributed by atoms with E-state index in [1.165, 1.54) is 0 Å². The molecule has 2 atom stereocenters. The van der Waals surface area contributed by atoms with Gasteiger partial charge in [-0.05, 0) is 15.9 Å². The molecule has 0 fully saturated rings. The molecule has 1 nitrogen and oxygen atoms in total. The van der Waals surface area contributed by atoms with Crippen molar-refractivity contribution in [2.24, 2.45) is 0 Å². The summed E-state index contributed by atoms with van der Waals surface area (Å²) in [6, 6.07) is 0. The zero-order valence-electron chi connectivity index (χ0n) is 5.79. The van der Waals surface area contributed by atoms with Crippen LogP contribution in [0.25, 0.3) is 0 Å². The third-order valence-corrected chi connectivity index (χ3v) is 2.21. The number of aliphatic hydroxyl groups is 1. The predicted molar refractivity (Wildman–Crippen MR) is 37.3 cm³/mol. The van der Waals surface area contributed by atoms with E-state index in [-0.39, 0.29) is 0 Å². The molecule has 0 aromatic carbocycles. The van der Waals surface area contributed by atoms with Crippen molar-refractivity contribution in [3.63, 3.8) is 0 Å². The number of allylic oxidation sites excluding steroid dienone is 2. The van der Waals surface area contributed by atoms with E-state index in [1.807, 2.05) is 15.9 Å². The van der Waals surface area contributed by atoms with Gasteiger partial charge in [-0.15, -0.1) is 0 Å². The first-order valence-corrected chi connectivity index (χ1v) is 3.76. The van der Waals surface area contributed by atoms with Crippen molar-refractivity contribution < 1.29 is 27.1 Å². The largest absolute Gasteiger partial charge is 0.370 e. The van der Waals surface area contributed by atoms with Crippen molar-refractivity contribution in [1.29, 1.82) is 0 Å². The Hall–Kier alpha value is -0.430. The molecule has 7 heteroatoms. The minimum atomic E-state index is -3.17. The maximum atomic E-state index is 12.6. The van der Waals surface area contributed by atoms with E-state index < -0.39 is 34.0 Å². The zero-order valence-corrected chi connectivity index (χ0v) is 7.38. The lowest BCUT2D eigenvalue weighted by molar-refractivity contribution is 0.0589. The summed E-state index contributed by atoms with van der Waals surface area (Å²) >= 11 is 2.00. The fourth-order valence-electron chi connectivity index (χ4n) is 0.746. The molecule has 0 radical (unpaired) electrons. The van der Waals surface area contributed by atoms with Crippen LogP contribution in [0.3, 0.4) is 0 Å². The second-order valence-electron chi connectivity index (χ2n) is 2.33. The van der Waals surface area contributed by atoms with Gasteiger partial charge in [0.25, 0.3) is 0 Å². The van der Waals surface area contributed by atoms with Gasteiger partial charge in [-0.2, -0.15) is 0 Å². The van der Waals surface area contributed by atoms with Gasteiger partial charge in [0.05, 0.1) is 0 Å². The molecular weight excluding hydrogens is 263 g/mol. The van der Waals surface area contributed by atoms with E-state index in [9.17, 15) is 22.0 Å². The Kier molecular flexibility index (Phi) is 2.50. The van der Waals surface area contributed by atoms with Gasteiger partial charge in [0.15, 0.2) is 29.5 Å². The van der Waals surface area contributed by atoms with Gasteiger partial charge in [0, 0.05) is 0 Å². The standard InChI is InChI=1S/C6H2BrF5O/c7-6(13)4(11)2(9)1(8)3(10)5(6)12/h4,13H. The Labute approximate surface area is 77.7 Å². The molecule has 0 aliphatic heterocycles. The molecule has 0 aromatic heterocycles. The summed E-state index contributed by atoms with van der Waals surface area (Å²) in [4.78, 5) is 0. The highest BCUT2D eigenvalue weighted by atomic mass is 79.9. The lowest BCUT2D eigenvalue weighted by Crippen LogP contribution is -2.37. The van der Waals surface area contributed by atoms with Crippen LogP contribution in [0.15, 0.2) is 23.3 Å². The summed E-state index contributed by atoms with van der Waals surface area (Å²) in [7, 11) is 0. The Morgan fingerprint density at radius 3 is 2.08 bits per heavy atom. The highest BCUT2D eigenvalue weighted by molar-refractivity contribution is 9.10. The molecule has 1 aliphatic carbocycles. The maximum absolute atomic E-state index is 12.6. The number of rotatable bonds is 0. The number of hydrogen-bond acceptors (Lipinski definition) is 1. The maximum Gasteiger partial charge on any atom is 0.212 e. The molecule has 1 N–H and O–H groups in total. The van der Waals surface area contributed by atoms with Gasteiger partial charge in [-0.3, -0.25) is 0 Å². The van der Waals surface area contributed by atoms with E-state index in [1.54, 1.807) is 0 Å². The average molecular weight is 265 g/mol. The van der Waals surface area contributed by atoms with Crippen LogP contribution >= 0.6 is 15.9 Å². The van der Waals surface area contributed by atoms with Crippen LogP contribution < -0.4 is 0 Å². The van der Waals surface area contributed by atoms with Crippen molar-refractivity contribution in [1.82, 2.24) is 0 Å². The third-order valence-electron chi connectivity index (χ3n) is 1.46. The molecule has 0 amide bonds. The monoisotopic (exact) mass is 264 g/mol. The van der Waals surface area contributed by atoms with E-state index >= 15 is 0 Å². The van der Waals surface area contributed by atoms with Crippen molar-refractivity contribution >= 4 is 15.9 Å². The van der Waals surface area contributed by atoms with E-state index in [0.29, 0.717) is 0 Å². The Bertz CT molecular complexity index is 308. The summed E-state index contributed by atoms with van der Waals surface area (Å²) in [6.07, 6.45) is -3.01. The molecule has 0 saturated carbocycles. The minimum absolute atomic E-state index is 2.00. The first-order valence-electron chi connectivity index (χ1n) is 2.96. The van der Waals surface area contributed by atoms with Gasteiger partial charge in [-0.25, -0.2) is 22.0 Å². The molecule has 0 saturated heterocycles. The van der Waals surface area contributed by atoms with Crippen LogP contribution in [0.5, 0.6) is 0 Å². The van der Waals surface area contributed by atoms with E-state index in [0.717, 1.165) is 0 Å². The molecule has 13 heavy (non-hydrogen) atoms. The smallest absolute Gasteiger partial charge is 0.212 e. The summed E-state index contributed by atoms with van der Waals surface area (Å²) in [5.41, 5.74) is 0. The number of alkyl halides is 2. The molecule has 1 aliphatic rings. The number of halogens is 6. The fraction of sp³-hybridized carbons (Fsp3) is 0.333. The Morgan fingerprint density at radius 1 is 1.15 bits per heavy atom. The lowest BCUT2D eigenvalue weighted by atomic mass is 10.1. The molecule has 0 bridgehead atoms. The molecule has 0 aromatic rings. The minimum Gasteiger partial charge on any atom is -0.370 e. The van der Waals surface area contributed by atoms with Crippen LogP contribution in [-0.4, -0.2) is 15.8 Å². The summed E-state index contributed by atoms with van der Waals surface area (Å²) in [6.45, 7) is 0. The van der Waals surface area contributed by atoms with Crippen LogP contribution in [0.1, 0.15) is 0 Å². The van der Waals surface area contributed by atoms with Gasteiger partial charge in [-0.1, -0.05) is 0 Å². The Morgan fingerprint density at radius 2 is 1.62 bits per heavy atom. The van der Waals surface area contributed by atoms with Crippen LogP contribution in [0, 0.1) is 0 Å². The summed E-state index contributed by atoms with van der Waals surface area (Å²) in [5.74, 6) is -8.82. The molecular formula is C6H2BrF5O. The van der Waals surface area contributed by atoms with Crippen molar-refractivity contribution in [2.75, 3.05) is 0 Å². The lowest BCUT2D eigenvalue weighted by Gasteiger charge is -2.25. The molecule has 2 unspecified atom stereocenters. The van der Waals surface area contributed by atoms with Gasteiger partial charge in [0.1, 0.15) is 0 Å². The van der Waals surface area contributed by atoms with Crippen molar-refractivity contribution in [2.45, 2.75) is 10.7 Å². The summed E-state index contributed by atoms with van der Waals surface area (Å²) < 4.78 is 59.0.